The summed E-state index contributed by atoms with van der Waals surface area (Å²) in [6.45, 7) is 0. The molecule has 0 saturated heterocycles. The van der Waals surface area contributed by atoms with Crippen molar-refractivity contribution in [1.82, 2.24) is 0 Å². The van der Waals surface area contributed by atoms with Gasteiger partial charge >= 0.3 is 12.4 Å². The Morgan fingerprint density at radius 2 is 1.50 bits per heavy atom. The third-order valence-electron chi connectivity index (χ3n) is 3.80. The second-order valence-electron chi connectivity index (χ2n) is 5.72. The van der Waals surface area contributed by atoms with Gasteiger partial charge in [0.2, 0.25) is 0 Å². The Labute approximate surface area is 176 Å². The first kappa shape index (κ1) is 23.7. The second-order valence-corrected chi connectivity index (χ2v) is 6.98. The molecule has 0 saturated carbocycles. The molecule has 2 rings (SSSR count). The zero-order valence-electron chi connectivity index (χ0n) is 14.3. The maximum absolute atomic E-state index is 13.6. The molecule has 2 aromatic rings. The largest absolute Gasteiger partial charge is 0.418 e. The van der Waals surface area contributed by atoms with Crippen molar-refractivity contribution in [2.24, 2.45) is 0 Å². The number of rotatable bonds is 4. The smallest absolute Gasteiger partial charge is 0.336 e. The maximum atomic E-state index is 13.6. The van der Waals surface area contributed by atoms with Crippen molar-refractivity contribution < 1.29 is 36.2 Å². The van der Waals surface area contributed by atoms with E-state index in [0.717, 1.165) is 7.05 Å². The fourth-order valence-electron chi connectivity index (χ4n) is 2.58. The molecule has 0 bridgehead atoms. The molecule has 0 aliphatic carbocycles. The zero-order chi connectivity index (χ0) is 23.2. The van der Waals surface area contributed by atoms with Gasteiger partial charge < -0.3 is 4.90 Å². The van der Waals surface area contributed by atoms with Gasteiger partial charge in [0.15, 0.2) is 0 Å². The molecule has 0 fully saturated rings. The number of hydrogen-bond acceptors (Lipinski definition) is 5. The van der Waals surface area contributed by atoms with Crippen molar-refractivity contribution in [2.75, 3.05) is 11.9 Å². The normalized spacial score (nSPS) is 12.0. The molecule has 2 aromatic carbocycles. The number of alkyl halides is 6. The van der Waals surface area contributed by atoms with Crippen LogP contribution in [0.3, 0.4) is 0 Å². The Bertz CT molecular complexity index is 1020. The Morgan fingerprint density at radius 1 is 0.933 bits per heavy atom. The van der Waals surface area contributed by atoms with E-state index in [-0.39, 0.29) is 6.07 Å². The van der Waals surface area contributed by atoms with Gasteiger partial charge in [0, 0.05) is 17.6 Å². The predicted molar refractivity (Wildman–Crippen MR) is 97.0 cm³/mol. The highest BCUT2D eigenvalue weighted by Crippen LogP contribution is 2.49. The molecule has 0 heterocycles. The van der Waals surface area contributed by atoms with Gasteiger partial charge in [0.25, 0.3) is 11.4 Å². The van der Waals surface area contributed by atoms with Gasteiger partial charge in [-0.1, -0.05) is 11.6 Å². The zero-order valence-corrected chi connectivity index (χ0v) is 16.6. The van der Waals surface area contributed by atoms with E-state index in [1.165, 1.54) is 0 Å². The Morgan fingerprint density at radius 3 is 1.90 bits per heavy atom. The number of nitro benzene ring substituents is 2. The van der Waals surface area contributed by atoms with Crippen molar-refractivity contribution >= 4 is 50.3 Å². The van der Waals surface area contributed by atoms with Crippen LogP contribution in [0.4, 0.5) is 49.1 Å². The van der Waals surface area contributed by atoms with E-state index in [2.05, 4.69) is 15.9 Å². The summed E-state index contributed by atoms with van der Waals surface area (Å²) in [5.41, 5.74) is -7.03. The van der Waals surface area contributed by atoms with Crippen LogP contribution in [0.5, 0.6) is 0 Å². The van der Waals surface area contributed by atoms with Crippen LogP contribution in [-0.2, 0) is 12.4 Å². The van der Waals surface area contributed by atoms with Gasteiger partial charge in [-0.15, -0.1) is 0 Å². The third kappa shape index (κ3) is 4.59. The van der Waals surface area contributed by atoms with Crippen LogP contribution in [0.15, 0.2) is 28.7 Å². The molecule has 0 aromatic heterocycles. The van der Waals surface area contributed by atoms with Gasteiger partial charge in [-0.2, -0.15) is 26.3 Å². The van der Waals surface area contributed by atoms with Crippen molar-refractivity contribution in [3.8, 4) is 0 Å². The van der Waals surface area contributed by atoms with Crippen LogP contribution >= 0.6 is 27.5 Å². The van der Waals surface area contributed by atoms with E-state index in [9.17, 15) is 46.6 Å². The van der Waals surface area contributed by atoms with Crippen molar-refractivity contribution in [3.05, 3.63) is 65.1 Å². The Balaban J connectivity index is 2.87. The summed E-state index contributed by atoms with van der Waals surface area (Å²) in [7, 11) is 0.892. The number of nitro groups is 2. The highest BCUT2D eigenvalue weighted by atomic mass is 79.9. The quantitative estimate of drug-likeness (QED) is 0.252. The summed E-state index contributed by atoms with van der Waals surface area (Å²) < 4.78 is 79.0. The monoisotopic (exact) mass is 521 g/mol. The summed E-state index contributed by atoms with van der Waals surface area (Å²) in [6, 6.07) is 1.36. The van der Waals surface area contributed by atoms with Crippen LogP contribution in [0.25, 0.3) is 0 Å². The van der Waals surface area contributed by atoms with E-state index in [4.69, 9.17) is 11.6 Å². The van der Waals surface area contributed by atoms with Crippen molar-refractivity contribution in [1.29, 1.82) is 0 Å². The average molecular weight is 523 g/mol. The van der Waals surface area contributed by atoms with Crippen LogP contribution in [0, 0.1) is 20.2 Å². The van der Waals surface area contributed by atoms with Crippen LogP contribution in [0.1, 0.15) is 11.1 Å². The topological polar surface area (TPSA) is 89.5 Å². The van der Waals surface area contributed by atoms with Crippen molar-refractivity contribution in [2.45, 2.75) is 12.4 Å². The minimum Gasteiger partial charge on any atom is -0.336 e. The molecule has 0 unspecified atom stereocenters. The minimum atomic E-state index is -5.27. The molecule has 162 valence electrons. The van der Waals surface area contributed by atoms with Gasteiger partial charge in [-0.25, -0.2) is 0 Å². The van der Waals surface area contributed by atoms with Gasteiger partial charge in [-0.3, -0.25) is 20.2 Å². The molecule has 0 aliphatic rings. The molecule has 30 heavy (non-hydrogen) atoms. The molecule has 0 amide bonds. The Kier molecular flexibility index (Phi) is 6.24. The molecule has 0 spiro atoms. The van der Waals surface area contributed by atoms with Crippen LogP contribution in [-0.4, -0.2) is 16.9 Å². The number of benzene rings is 2. The molecular formula is C15H7BrClF6N3O4. The van der Waals surface area contributed by atoms with E-state index >= 15 is 0 Å². The third-order valence-corrected chi connectivity index (χ3v) is 4.70. The number of anilines is 2. The lowest BCUT2D eigenvalue weighted by molar-refractivity contribution is -0.394. The van der Waals surface area contributed by atoms with Crippen LogP contribution < -0.4 is 4.90 Å². The fraction of sp³-hybridized carbons (Fsp3) is 0.200. The van der Waals surface area contributed by atoms with E-state index in [1.807, 2.05) is 0 Å². The first-order valence-corrected chi connectivity index (χ1v) is 8.56. The molecule has 0 N–H and O–H groups in total. The molecule has 0 aliphatic heterocycles. The SMILES string of the molecule is CN(c1c(Cl)cc(C(F)(F)F)cc1Br)c1c([N+](=O)[O-])cc([N+](=O)[O-])cc1C(F)(F)F. The lowest BCUT2D eigenvalue weighted by Gasteiger charge is -2.25. The van der Waals surface area contributed by atoms with Gasteiger partial charge in [-0.05, 0) is 28.1 Å². The molecule has 0 radical (unpaired) electrons. The molecular weight excluding hydrogens is 516 g/mol. The summed E-state index contributed by atoms with van der Waals surface area (Å²) in [4.78, 5) is 20.3. The average Bonchev–Trinajstić information content (AvgIpc) is 2.57. The summed E-state index contributed by atoms with van der Waals surface area (Å²) in [5.74, 6) is 0. The molecule has 7 nitrogen and oxygen atoms in total. The summed E-state index contributed by atoms with van der Waals surface area (Å²) in [6.07, 6.45) is -10.1. The molecule has 15 heteroatoms. The minimum absolute atomic E-state index is 0.0880. The number of nitrogens with zero attached hydrogens (tertiary/aromatic N) is 3. The first-order valence-electron chi connectivity index (χ1n) is 7.39. The lowest BCUT2D eigenvalue weighted by atomic mass is 10.1. The van der Waals surface area contributed by atoms with Crippen molar-refractivity contribution in [3.63, 3.8) is 0 Å². The predicted octanol–water partition coefficient (Wildman–Crippen LogP) is 6.72. The Hall–Kier alpha value is -2.61. The standard InChI is InChI=1S/C15H7BrClF6N3O4/c1-24(13-9(16)2-6(3-10(13)17)14(18,19)20)12-8(15(21,22)23)4-7(25(27)28)5-11(12)26(29)30/h2-5H,1H3. The molecule has 0 atom stereocenters. The highest BCUT2D eigenvalue weighted by Gasteiger charge is 2.42. The van der Waals surface area contributed by atoms with E-state index in [0.29, 0.717) is 23.1 Å². The maximum Gasteiger partial charge on any atom is 0.418 e. The second kappa shape index (κ2) is 7.91. The number of non-ortho nitro benzene ring substituents is 1. The van der Waals surface area contributed by atoms with E-state index < -0.39 is 65.6 Å². The lowest BCUT2D eigenvalue weighted by Crippen LogP contribution is -2.20. The van der Waals surface area contributed by atoms with Gasteiger partial charge in [0.1, 0.15) is 5.69 Å². The van der Waals surface area contributed by atoms with E-state index in [1.54, 1.807) is 0 Å². The summed E-state index contributed by atoms with van der Waals surface area (Å²) in [5, 5.41) is 21.6. The van der Waals surface area contributed by atoms with Gasteiger partial charge in [0.05, 0.1) is 37.7 Å². The summed E-state index contributed by atoms with van der Waals surface area (Å²) >= 11 is 8.61. The highest BCUT2D eigenvalue weighted by molar-refractivity contribution is 9.10. The number of hydrogen-bond donors (Lipinski definition) is 0. The first-order chi connectivity index (χ1) is 13.6. The number of halogens is 8. The van der Waals surface area contributed by atoms with Crippen LogP contribution in [0.2, 0.25) is 5.02 Å². The fourth-order valence-corrected chi connectivity index (χ4v) is 3.77.